The van der Waals surface area contributed by atoms with Gasteiger partial charge in [0.15, 0.2) is 0 Å². The third-order valence-corrected chi connectivity index (χ3v) is 3.08. The molecular weight excluding hydrogens is 174 g/mol. The van der Waals surface area contributed by atoms with E-state index in [-0.39, 0.29) is 6.04 Å². The number of aliphatic hydroxyl groups is 1. The summed E-state index contributed by atoms with van der Waals surface area (Å²) < 4.78 is 0. The Morgan fingerprint density at radius 1 is 1.29 bits per heavy atom. The summed E-state index contributed by atoms with van der Waals surface area (Å²) in [6.07, 6.45) is 3.59. The van der Waals surface area contributed by atoms with Gasteiger partial charge in [-0.15, -0.1) is 0 Å². The minimum Gasteiger partial charge on any atom is -0.385 e. The first-order valence-electron chi connectivity index (χ1n) is 5.24. The Morgan fingerprint density at radius 3 is 2.64 bits per heavy atom. The van der Waals surface area contributed by atoms with Crippen LogP contribution in [-0.2, 0) is 5.60 Å². The largest absolute Gasteiger partial charge is 0.385 e. The van der Waals surface area contributed by atoms with Gasteiger partial charge < -0.3 is 10.8 Å². The molecule has 0 saturated heterocycles. The summed E-state index contributed by atoms with van der Waals surface area (Å²) in [5.41, 5.74) is 6.22. The average molecular weight is 191 g/mol. The Morgan fingerprint density at radius 2 is 2.00 bits per heavy atom. The van der Waals surface area contributed by atoms with Gasteiger partial charge >= 0.3 is 0 Å². The average Bonchev–Trinajstić information content (AvgIpc) is 2.19. The molecule has 1 aliphatic rings. The highest BCUT2D eigenvalue weighted by molar-refractivity contribution is 5.23. The molecule has 0 heterocycles. The smallest absolute Gasteiger partial charge is 0.0911 e. The molecule has 14 heavy (non-hydrogen) atoms. The van der Waals surface area contributed by atoms with Crippen LogP contribution in [-0.4, -0.2) is 11.1 Å². The van der Waals surface area contributed by atoms with E-state index in [1.54, 1.807) is 0 Å². The van der Waals surface area contributed by atoms with Gasteiger partial charge in [-0.1, -0.05) is 30.3 Å². The van der Waals surface area contributed by atoms with Crippen molar-refractivity contribution in [3.05, 3.63) is 35.9 Å². The number of rotatable bonds is 1. The van der Waals surface area contributed by atoms with Crippen LogP contribution in [0.3, 0.4) is 0 Å². The van der Waals surface area contributed by atoms with E-state index >= 15 is 0 Å². The second-order valence-corrected chi connectivity index (χ2v) is 4.25. The number of hydrogen-bond acceptors (Lipinski definition) is 2. The van der Waals surface area contributed by atoms with E-state index in [0.717, 1.165) is 24.8 Å². The molecule has 1 saturated carbocycles. The first-order valence-corrected chi connectivity index (χ1v) is 5.24. The Labute approximate surface area is 84.7 Å². The summed E-state index contributed by atoms with van der Waals surface area (Å²) in [6, 6.07) is 10.0. The summed E-state index contributed by atoms with van der Waals surface area (Å²) in [5.74, 6) is 0. The van der Waals surface area contributed by atoms with Crippen LogP contribution in [0.2, 0.25) is 0 Å². The van der Waals surface area contributed by atoms with Gasteiger partial charge in [-0.3, -0.25) is 0 Å². The van der Waals surface area contributed by atoms with Crippen molar-refractivity contribution in [2.24, 2.45) is 5.73 Å². The monoisotopic (exact) mass is 191 g/mol. The third-order valence-electron chi connectivity index (χ3n) is 3.08. The first-order chi connectivity index (χ1) is 6.71. The quantitative estimate of drug-likeness (QED) is 0.710. The normalized spacial score (nSPS) is 32.9. The van der Waals surface area contributed by atoms with Crippen LogP contribution in [0.1, 0.15) is 31.2 Å². The van der Waals surface area contributed by atoms with Crippen molar-refractivity contribution in [2.45, 2.75) is 37.3 Å². The molecule has 2 rings (SSSR count). The van der Waals surface area contributed by atoms with Crippen molar-refractivity contribution < 1.29 is 5.11 Å². The van der Waals surface area contributed by atoms with Gasteiger partial charge in [-0.25, -0.2) is 0 Å². The molecule has 0 bridgehead atoms. The number of nitrogens with two attached hydrogens (primary N) is 1. The molecule has 2 nitrogen and oxygen atoms in total. The van der Waals surface area contributed by atoms with Gasteiger partial charge in [0.2, 0.25) is 0 Å². The van der Waals surface area contributed by atoms with E-state index in [2.05, 4.69) is 0 Å². The summed E-state index contributed by atoms with van der Waals surface area (Å²) in [4.78, 5) is 0. The standard InChI is InChI=1S/C12H17NO/c13-11-7-4-8-12(14,9-11)10-5-2-1-3-6-10/h1-3,5-6,11,14H,4,7-9,13H2/t11-,12-/m1/s1. The molecule has 1 aromatic rings. The van der Waals surface area contributed by atoms with E-state index in [1.165, 1.54) is 0 Å². The molecule has 76 valence electrons. The molecule has 1 aliphatic carbocycles. The van der Waals surface area contributed by atoms with Crippen molar-refractivity contribution in [3.63, 3.8) is 0 Å². The fourth-order valence-electron chi connectivity index (χ4n) is 2.31. The Hall–Kier alpha value is -0.860. The summed E-state index contributed by atoms with van der Waals surface area (Å²) in [7, 11) is 0. The maximum Gasteiger partial charge on any atom is 0.0911 e. The molecule has 0 aliphatic heterocycles. The van der Waals surface area contributed by atoms with Crippen LogP contribution in [0.4, 0.5) is 0 Å². The lowest BCUT2D eigenvalue weighted by Gasteiger charge is -2.35. The molecular formula is C12H17NO. The van der Waals surface area contributed by atoms with E-state index in [0.29, 0.717) is 6.42 Å². The van der Waals surface area contributed by atoms with Crippen molar-refractivity contribution in [1.82, 2.24) is 0 Å². The van der Waals surface area contributed by atoms with E-state index in [9.17, 15) is 5.11 Å². The Kier molecular flexibility index (Phi) is 2.57. The fourth-order valence-corrected chi connectivity index (χ4v) is 2.31. The van der Waals surface area contributed by atoms with Crippen LogP contribution >= 0.6 is 0 Å². The van der Waals surface area contributed by atoms with Crippen LogP contribution in [0.15, 0.2) is 30.3 Å². The van der Waals surface area contributed by atoms with Gasteiger partial charge in [0.1, 0.15) is 0 Å². The van der Waals surface area contributed by atoms with E-state index in [4.69, 9.17) is 5.73 Å². The maximum absolute atomic E-state index is 10.4. The van der Waals surface area contributed by atoms with Crippen molar-refractivity contribution in [2.75, 3.05) is 0 Å². The van der Waals surface area contributed by atoms with Crippen LogP contribution in [0.25, 0.3) is 0 Å². The van der Waals surface area contributed by atoms with Crippen molar-refractivity contribution in [3.8, 4) is 0 Å². The van der Waals surface area contributed by atoms with Crippen LogP contribution in [0, 0.1) is 0 Å². The second-order valence-electron chi connectivity index (χ2n) is 4.25. The van der Waals surface area contributed by atoms with Crippen molar-refractivity contribution >= 4 is 0 Å². The molecule has 3 N–H and O–H groups in total. The zero-order chi connectivity index (χ0) is 10.0. The Bertz CT molecular complexity index is 298. The molecule has 0 radical (unpaired) electrons. The minimum atomic E-state index is -0.682. The van der Waals surface area contributed by atoms with Crippen molar-refractivity contribution in [1.29, 1.82) is 0 Å². The predicted molar refractivity (Wildman–Crippen MR) is 56.8 cm³/mol. The van der Waals surface area contributed by atoms with Gasteiger partial charge in [0.25, 0.3) is 0 Å². The molecule has 0 spiro atoms. The predicted octanol–water partition coefficient (Wildman–Crippen LogP) is 1.78. The molecule has 0 amide bonds. The van der Waals surface area contributed by atoms with Gasteiger partial charge in [0.05, 0.1) is 5.60 Å². The first kappa shape index (κ1) is 9.69. The van der Waals surface area contributed by atoms with Crippen LogP contribution < -0.4 is 5.73 Å². The van der Waals surface area contributed by atoms with E-state index in [1.807, 2.05) is 30.3 Å². The molecule has 1 fully saturated rings. The Balaban J connectivity index is 2.23. The van der Waals surface area contributed by atoms with Crippen LogP contribution in [0.5, 0.6) is 0 Å². The topological polar surface area (TPSA) is 46.2 Å². The minimum absolute atomic E-state index is 0.147. The fraction of sp³-hybridized carbons (Fsp3) is 0.500. The lowest BCUT2D eigenvalue weighted by molar-refractivity contribution is -0.00716. The number of hydrogen-bond donors (Lipinski definition) is 2. The lowest BCUT2D eigenvalue weighted by atomic mass is 9.78. The third kappa shape index (κ3) is 1.81. The van der Waals surface area contributed by atoms with Gasteiger partial charge in [-0.2, -0.15) is 0 Å². The zero-order valence-electron chi connectivity index (χ0n) is 8.32. The highest BCUT2D eigenvalue weighted by Gasteiger charge is 2.34. The summed E-state index contributed by atoms with van der Waals surface area (Å²) in [5, 5.41) is 10.4. The molecule has 2 heteroatoms. The van der Waals surface area contributed by atoms with Gasteiger partial charge in [-0.05, 0) is 31.2 Å². The van der Waals surface area contributed by atoms with E-state index < -0.39 is 5.60 Å². The molecule has 2 atom stereocenters. The lowest BCUT2D eigenvalue weighted by Crippen LogP contribution is -2.39. The second kappa shape index (κ2) is 3.71. The molecule has 0 aromatic heterocycles. The molecule has 0 unspecified atom stereocenters. The summed E-state index contributed by atoms with van der Waals surface area (Å²) >= 11 is 0. The van der Waals surface area contributed by atoms with Gasteiger partial charge in [0, 0.05) is 6.04 Å². The summed E-state index contributed by atoms with van der Waals surface area (Å²) in [6.45, 7) is 0. The number of benzene rings is 1. The highest BCUT2D eigenvalue weighted by Crippen LogP contribution is 2.36. The maximum atomic E-state index is 10.4. The zero-order valence-corrected chi connectivity index (χ0v) is 8.32. The molecule has 1 aromatic carbocycles. The highest BCUT2D eigenvalue weighted by atomic mass is 16.3. The SMILES string of the molecule is N[C@@H]1CCC[C@](O)(c2ccccc2)C1.